The average molecular weight is 351 g/mol. The number of amides is 1. The van der Waals surface area contributed by atoms with Crippen LogP contribution in [0.15, 0.2) is 22.7 Å². The zero-order valence-corrected chi connectivity index (χ0v) is 14.6. The summed E-state index contributed by atoms with van der Waals surface area (Å²) in [4.78, 5) is 23.6. The van der Waals surface area contributed by atoms with Crippen LogP contribution in [0.2, 0.25) is 5.02 Å². The van der Waals surface area contributed by atoms with Gasteiger partial charge in [-0.05, 0) is 51.0 Å². The number of carbonyl (C=O) groups excluding carboxylic acids is 2. The summed E-state index contributed by atoms with van der Waals surface area (Å²) in [5.74, 6) is -0.152. The molecule has 0 aliphatic carbocycles. The highest BCUT2D eigenvalue weighted by Crippen LogP contribution is 2.19. The molecule has 1 aromatic heterocycles. The molecule has 7 heteroatoms. The van der Waals surface area contributed by atoms with Crippen molar-refractivity contribution in [3.8, 4) is 0 Å². The lowest BCUT2D eigenvalue weighted by molar-refractivity contribution is -0.147. The van der Waals surface area contributed by atoms with Crippen molar-refractivity contribution >= 4 is 29.2 Å². The molecule has 128 valence electrons. The van der Waals surface area contributed by atoms with Crippen LogP contribution < -0.4 is 5.32 Å². The van der Waals surface area contributed by atoms with Crippen molar-refractivity contribution in [3.05, 3.63) is 45.8 Å². The van der Waals surface area contributed by atoms with Crippen LogP contribution in [0, 0.1) is 20.8 Å². The second kappa shape index (κ2) is 7.97. The summed E-state index contributed by atoms with van der Waals surface area (Å²) in [6, 6.07) is 5.13. The van der Waals surface area contributed by atoms with E-state index in [1.807, 2.05) is 13.8 Å². The van der Waals surface area contributed by atoms with E-state index in [-0.39, 0.29) is 13.0 Å². The maximum absolute atomic E-state index is 11.8. The van der Waals surface area contributed by atoms with Gasteiger partial charge in [0, 0.05) is 22.7 Å². The van der Waals surface area contributed by atoms with Crippen molar-refractivity contribution in [1.82, 2.24) is 5.16 Å². The molecular weight excluding hydrogens is 332 g/mol. The molecule has 0 spiro atoms. The Hall–Kier alpha value is -2.34. The van der Waals surface area contributed by atoms with Gasteiger partial charge in [-0.3, -0.25) is 9.59 Å². The number of nitrogens with one attached hydrogen (secondary N) is 1. The lowest BCUT2D eigenvalue weighted by Crippen LogP contribution is -2.21. The van der Waals surface area contributed by atoms with Crippen LogP contribution in [-0.4, -0.2) is 23.6 Å². The molecule has 1 aromatic carbocycles. The molecule has 0 aliphatic rings. The van der Waals surface area contributed by atoms with Gasteiger partial charge in [0.25, 0.3) is 5.91 Å². The number of halogens is 1. The maximum atomic E-state index is 11.8. The Morgan fingerprint density at radius 1 is 1.29 bits per heavy atom. The molecule has 0 saturated heterocycles. The number of hydrogen-bond acceptors (Lipinski definition) is 5. The number of benzene rings is 1. The van der Waals surface area contributed by atoms with Crippen molar-refractivity contribution in [2.24, 2.45) is 0 Å². The Morgan fingerprint density at radius 2 is 2.04 bits per heavy atom. The van der Waals surface area contributed by atoms with Gasteiger partial charge in [-0.15, -0.1) is 0 Å². The smallest absolute Gasteiger partial charge is 0.306 e. The van der Waals surface area contributed by atoms with Crippen molar-refractivity contribution in [1.29, 1.82) is 0 Å². The molecule has 1 amide bonds. The van der Waals surface area contributed by atoms with Crippen LogP contribution in [0.25, 0.3) is 0 Å². The fourth-order valence-corrected chi connectivity index (χ4v) is 2.48. The first-order valence-electron chi connectivity index (χ1n) is 7.50. The zero-order chi connectivity index (χ0) is 17.7. The minimum absolute atomic E-state index is 0.163. The quantitative estimate of drug-likeness (QED) is 0.808. The number of esters is 1. The van der Waals surface area contributed by atoms with Crippen molar-refractivity contribution in [2.75, 3.05) is 11.9 Å². The fraction of sp³-hybridized carbons (Fsp3) is 0.353. The van der Waals surface area contributed by atoms with Crippen LogP contribution in [-0.2, 0) is 20.7 Å². The predicted octanol–water partition coefficient (Wildman–Crippen LogP) is 3.37. The van der Waals surface area contributed by atoms with Crippen molar-refractivity contribution in [3.63, 3.8) is 0 Å². The molecule has 0 saturated carbocycles. The molecular formula is C17H19ClN2O4. The fourth-order valence-electron chi connectivity index (χ4n) is 2.26. The molecule has 1 N–H and O–H groups in total. The average Bonchev–Trinajstić information content (AvgIpc) is 2.84. The summed E-state index contributed by atoms with van der Waals surface area (Å²) in [5, 5.41) is 7.10. The van der Waals surface area contributed by atoms with Crippen LogP contribution in [0.1, 0.15) is 29.0 Å². The van der Waals surface area contributed by atoms with Gasteiger partial charge in [-0.25, -0.2) is 0 Å². The molecule has 1 heterocycles. The van der Waals surface area contributed by atoms with E-state index in [0.717, 1.165) is 16.8 Å². The van der Waals surface area contributed by atoms with E-state index in [1.165, 1.54) is 0 Å². The minimum Gasteiger partial charge on any atom is -0.456 e. The molecule has 0 fully saturated rings. The van der Waals surface area contributed by atoms with Gasteiger partial charge in [0.05, 0.1) is 5.69 Å². The number of nitrogens with zero attached hydrogens (tertiary/aromatic N) is 1. The second-order valence-electron chi connectivity index (χ2n) is 5.47. The van der Waals surface area contributed by atoms with E-state index in [1.54, 1.807) is 25.1 Å². The molecule has 0 aliphatic heterocycles. The Kier molecular flexibility index (Phi) is 5.98. The first kappa shape index (κ1) is 18.0. The Balaban J connectivity index is 1.78. The van der Waals surface area contributed by atoms with Crippen LogP contribution in [0.5, 0.6) is 0 Å². The molecule has 0 bridgehead atoms. The highest BCUT2D eigenvalue weighted by Gasteiger charge is 2.13. The number of ether oxygens (including phenoxy) is 1. The second-order valence-corrected chi connectivity index (χ2v) is 5.91. The summed E-state index contributed by atoms with van der Waals surface area (Å²) in [6.07, 6.45) is 0.633. The van der Waals surface area contributed by atoms with Crippen LogP contribution in [0.4, 0.5) is 5.69 Å². The van der Waals surface area contributed by atoms with E-state index in [4.69, 9.17) is 20.9 Å². The highest BCUT2D eigenvalue weighted by atomic mass is 35.5. The Morgan fingerprint density at radius 3 is 2.67 bits per heavy atom. The third-order valence-corrected chi connectivity index (χ3v) is 3.82. The number of aryl methyl sites for hydroxylation is 3. The monoisotopic (exact) mass is 350 g/mol. The highest BCUT2D eigenvalue weighted by molar-refractivity contribution is 6.30. The van der Waals surface area contributed by atoms with Gasteiger partial charge in [-0.1, -0.05) is 16.8 Å². The molecule has 0 radical (unpaired) electrons. The first-order valence-corrected chi connectivity index (χ1v) is 7.88. The molecule has 0 atom stereocenters. The zero-order valence-electron chi connectivity index (χ0n) is 13.8. The minimum atomic E-state index is -0.446. The van der Waals surface area contributed by atoms with E-state index in [0.29, 0.717) is 22.9 Å². The SMILES string of the molecule is Cc1cc(Cl)ccc1NC(=O)COC(=O)CCc1c(C)noc1C. The molecule has 6 nitrogen and oxygen atoms in total. The number of anilines is 1. The standard InChI is InChI=1S/C17H19ClN2O4/c1-10-8-13(18)4-6-15(10)19-16(21)9-23-17(22)7-5-14-11(2)20-24-12(14)3/h4,6,8H,5,7,9H2,1-3H3,(H,19,21). The molecule has 2 aromatic rings. The molecule has 0 unspecified atom stereocenters. The third-order valence-electron chi connectivity index (χ3n) is 3.59. The summed E-state index contributed by atoms with van der Waals surface area (Å²) >= 11 is 5.86. The Bertz CT molecular complexity index is 736. The number of hydrogen-bond donors (Lipinski definition) is 1. The van der Waals surface area contributed by atoms with Gasteiger partial charge in [-0.2, -0.15) is 0 Å². The molecule has 24 heavy (non-hydrogen) atoms. The summed E-state index contributed by atoms with van der Waals surface area (Å²) < 4.78 is 10.0. The largest absolute Gasteiger partial charge is 0.456 e. The third kappa shape index (κ3) is 4.83. The van der Waals surface area contributed by atoms with Gasteiger partial charge < -0.3 is 14.6 Å². The normalized spacial score (nSPS) is 10.5. The van der Waals surface area contributed by atoms with Crippen LogP contribution >= 0.6 is 11.6 Å². The summed E-state index contributed by atoms with van der Waals surface area (Å²) in [7, 11) is 0. The first-order chi connectivity index (χ1) is 11.4. The number of carbonyl (C=O) groups is 2. The van der Waals surface area contributed by atoms with E-state index >= 15 is 0 Å². The lowest BCUT2D eigenvalue weighted by Gasteiger charge is -2.09. The van der Waals surface area contributed by atoms with Crippen molar-refractivity contribution in [2.45, 2.75) is 33.6 Å². The van der Waals surface area contributed by atoms with E-state index in [9.17, 15) is 9.59 Å². The number of aromatic nitrogens is 1. The van der Waals surface area contributed by atoms with Gasteiger partial charge >= 0.3 is 5.97 Å². The predicted molar refractivity (Wildman–Crippen MR) is 90.1 cm³/mol. The maximum Gasteiger partial charge on any atom is 0.306 e. The van der Waals surface area contributed by atoms with Crippen LogP contribution in [0.3, 0.4) is 0 Å². The topological polar surface area (TPSA) is 81.4 Å². The summed E-state index contributed by atoms with van der Waals surface area (Å²) in [6.45, 7) is 5.11. The van der Waals surface area contributed by atoms with Gasteiger partial charge in [0.1, 0.15) is 5.76 Å². The van der Waals surface area contributed by atoms with Crippen molar-refractivity contribution < 1.29 is 18.8 Å². The number of rotatable bonds is 6. The molecule has 2 rings (SSSR count). The Labute approximate surface area is 145 Å². The van der Waals surface area contributed by atoms with Gasteiger partial charge in [0.2, 0.25) is 0 Å². The van der Waals surface area contributed by atoms with Gasteiger partial charge in [0.15, 0.2) is 6.61 Å². The lowest BCUT2D eigenvalue weighted by atomic mass is 10.1. The van der Waals surface area contributed by atoms with E-state index < -0.39 is 11.9 Å². The van der Waals surface area contributed by atoms with E-state index in [2.05, 4.69) is 10.5 Å². The summed E-state index contributed by atoms with van der Waals surface area (Å²) in [5.41, 5.74) is 3.13.